The summed E-state index contributed by atoms with van der Waals surface area (Å²) in [7, 11) is 4.59. The van der Waals surface area contributed by atoms with E-state index >= 15 is 0 Å². The molecule has 0 fully saturated rings. The number of nitrogens with zero attached hydrogens (tertiary/aromatic N) is 3. The number of esters is 1. The smallest absolute Gasteiger partial charge is 0.490 e. The normalized spacial score (nSPS) is 12.1. The molecule has 0 aliphatic heterocycles. The Labute approximate surface area is 207 Å². The van der Waals surface area contributed by atoms with Crippen molar-refractivity contribution in [1.82, 2.24) is 14.0 Å². The van der Waals surface area contributed by atoms with Crippen molar-refractivity contribution < 1.29 is 37.3 Å². The van der Waals surface area contributed by atoms with E-state index in [2.05, 4.69) is 4.98 Å². The first-order valence-electron chi connectivity index (χ1n) is 10.7. The molecule has 0 amide bonds. The van der Waals surface area contributed by atoms with Crippen LogP contribution >= 0.6 is 0 Å². The van der Waals surface area contributed by atoms with E-state index in [1.54, 1.807) is 31.1 Å². The summed E-state index contributed by atoms with van der Waals surface area (Å²) in [6.45, 7) is 0. The van der Waals surface area contributed by atoms with Gasteiger partial charge in [0.1, 0.15) is 17.4 Å². The summed E-state index contributed by atoms with van der Waals surface area (Å²) in [5.41, 5.74) is 8.96. The lowest BCUT2D eigenvalue weighted by atomic mass is 10.0. The Morgan fingerprint density at radius 2 is 1.81 bits per heavy atom. The number of hydrogen-bond donors (Lipinski definition) is 2. The zero-order valence-electron chi connectivity index (χ0n) is 19.9. The van der Waals surface area contributed by atoms with E-state index < -0.39 is 24.2 Å². The van der Waals surface area contributed by atoms with Crippen LogP contribution in [0.2, 0.25) is 0 Å². The Balaban J connectivity index is 0.000000479. The molecule has 0 bridgehead atoms. The number of pyridine rings is 2. The first kappa shape index (κ1) is 27.2. The van der Waals surface area contributed by atoms with E-state index in [4.69, 9.17) is 25.1 Å². The number of carboxylic acid groups (broad SMARTS) is 1. The van der Waals surface area contributed by atoms with Gasteiger partial charge in [0.25, 0.3) is 5.56 Å². The van der Waals surface area contributed by atoms with Gasteiger partial charge < -0.3 is 29.3 Å². The highest BCUT2D eigenvalue weighted by Crippen LogP contribution is 2.35. The van der Waals surface area contributed by atoms with Gasteiger partial charge in [-0.2, -0.15) is 13.2 Å². The zero-order valence-corrected chi connectivity index (χ0v) is 19.9. The van der Waals surface area contributed by atoms with Crippen LogP contribution in [0.5, 0.6) is 5.75 Å². The molecule has 1 atom stereocenters. The van der Waals surface area contributed by atoms with E-state index in [1.807, 2.05) is 40.8 Å². The largest absolute Gasteiger partial charge is 0.495 e. The predicted octanol–water partition coefficient (Wildman–Crippen LogP) is 2.54. The molecule has 3 N–H and O–H groups in total. The SMILES string of the molecule is COC(=O)[C@@H](N)Cc1ccc(-c2c(OC)c3ccccc3n(C)c2=O)c2nccn12.O=C(O)C(F)(F)F. The number of alkyl halides is 3. The maximum Gasteiger partial charge on any atom is 0.490 e. The number of nitrogens with two attached hydrogens (primary N) is 1. The number of imidazole rings is 1. The number of para-hydroxylation sites is 1. The molecule has 0 aliphatic rings. The fraction of sp³-hybridized carbons (Fsp3) is 0.250. The number of aliphatic carboxylic acids is 1. The number of fused-ring (bicyclic) bond motifs is 2. The van der Waals surface area contributed by atoms with Crippen molar-refractivity contribution in [3.05, 3.63) is 64.8 Å². The second-order valence-corrected chi connectivity index (χ2v) is 7.79. The standard InChI is InChI=1S/C22H22N4O4.C2HF3O2/c1-25-17-7-5-4-6-14(17)19(29-2)18(21(25)27)15-9-8-13(12-16(23)22(28)30-3)26-11-10-24-20(15)26;3-2(4,5)1(6)7/h4-11,16H,12,23H2,1-3H3;(H,6,7)/t16-;/m0./s1. The van der Waals surface area contributed by atoms with Gasteiger partial charge in [-0.15, -0.1) is 0 Å². The summed E-state index contributed by atoms with van der Waals surface area (Å²) in [6, 6.07) is 10.4. The molecule has 13 heteroatoms. The van der Waals surface area contributed by atoms with Gasteiger partial charge >= 0.3 is 18.1 Å². The highest BCUT2D eigenvalue weighted by atomic mass is 19.4. The molecule has 10 nitrogen and oxygen atoms in total. The fourth-order valence-electron chi connectivity index (χ4n) is 3.81. The summed E-state index contributed by atoms with van der Waals surface area (Å²) in [5, 5.41) is 7.96. The quantitative estimate of drug-likeness (QED) is 0.383. The van der Waals surface area contributed by atoms with Crippen LogP contribution in [0.4, 0.5) is 13.2 Å². The molecule has 3 aromatic heterocycles. The summed E-state index contributed by atoms with van der Waals surface area (Å²) in [6.07, 6.45) is -1.40. The summed E-state index contributed by atoms with van der Waals surface area (Å²) >= 11 is 0. The van der Waals surface area contributed by atoms with Gasteiger partial charge in [-0.3, -0.25) is 9.59 Å². The third-order valence-electron chi connectivity index (χ3n) is 5.54. The van der Waals surface area contributed by atoms with Gasteiger partial charge in [0.05, 0.1) is 25.3 Å². The molecule has 37 heavy (non-hydrogen) atoms. The van der Waals surface area contributed by atoms with Gasteiger partial charge in [0.15, 0.2) is 0 Å². The molecule has 0 radical (unpaired) electrons. The summed E-state index contributed by atoms with van der Waals surface area (Å²) in [4.78, 5) is 38.4. The zero-order chi connectivity index (χ0) is 27.5. The molecule has 1 aromatic carbocycles. The third-order valence-corrected chi connectivity index (χ3v) is 5.54. The molecule has 0 saturated carbocycles. The number of halogens is 3. The number of aromatic nitrogens is 3. The van der Waals surface area contributed by atoms with Crippen molar-refractivity contribution in [3.8, 4) is 16.9 Å². The minimum absolute atomic E-state index is 0.186. The van der Waals surface area contributed by atoms with Crippen molar-refractivity contribution in [2.24, 2.45) is 12.8 Å². The Hall–Kier alpha value is -4.39. The van der Waals surface area contributed by atoms with Crippen LogP contribution in [0.25, 0.3) is 27.7 Å². The number of benzene rings is 1. The van der Waals surface area contributed by atoms with Gasteiger partial charge in [0.2, 0.25) is 0 Å². The Kier molecular flexibility index (Phi) is 7.87. The molecule has 0 saturated heterocycles. The summed E-state index contributed by atoms with van der Waals surface area (Å²) in [5.74, 6) is -2.75. The highest BCUT2D eigenvalue weighted by Gasteiger charge is 2.38. The number of ether oxygens (including phenoxy) is 2. The number of carbonyl (C=O) groups excluding carboxylic acids is 1. The average molecular weight is 520 g/mol. The molecule has 4 aromatic rings. The van der Waals surface area contributed by atoms with E-state index in [1.165, 1.54) is 7.11 Å². The Bertz CT molecular complexity index is 1530. The lowest BCUT2D eigenvalue weighted by molar-refractivity contribution is -0.192. The fourth-order valence-corrected chi connectivity index (χ4v) is 3.81. The Morgan fingerprint density at radius 3 is 2.41 bits per heavy atom. The molecule has 0 unspecified atom stereocenters. The van der Waals surface area contributed by atoms with E-state index in [-0.39, 0.29) is 12.0 Å². The average Bonchev–Trinajstić information content (AvgIpc) is 3.36. The molecule has 4 rings (SSSR count). The maximum atomic E-state index is 13.3. The number of methoxy groups -OCH3 is 2. The highest BCUT2D eigenvalue weighted by molar-refractivity contribution is 5.95. The number of carboxylic acids is 1. The van der Waals surface area contributed by atoms with Crippen molar-refractivity contribution in [2.75, 3.05) is 14.2 Å². The minimum atomic E-state index is -5.08. The summed E-state index contributed by atoms with van der Waals surface area (Å²) < 4.78 is 45.6. The van der Waals surface area contributed by atoms with Crippen LogP contribution in [-0.2, 0) is 27.8 Å². The van der Waals surface area contributed by atoms with Gasteiger partial charge in [-0.05, 0) is 24.3 Å². The Morgan fingerprint density at radius 1 is 1.16 bits per heavy atom. The molecule has 3 heterocycles. The van der Waals surface area contributed by atoms with Crippen molar-refractivity contribution in [2.45, 2.75) is 18.6 Å². The van der Waals surface area contributed by atoms with Crippen LogP contribution in [0, 0.1) is 0 Å². The topological polar surface area (TPSA) is 138 Å². The number of carbonyl (C=O) groups is 2. The molecular formula is C24H23F3N4O6. The van der Waals surface area contributed by atoms with E-state index in [0.717, 1.165) is 16.6 Å². The first-order chi connectivity index (χ1) is 17.4. The number of hydrogen-bond acceptors (Lipinski definition) is 7. The lowest BCUT2D eigenvalue weighted by Crippen LogP contribution is -2.34. The van der Waals surface area contributed by atoms with Gasteiger partial charge in [0, 0.05) is 42.5 Å². The molecular weight excluding hydrogens is 497 g/mol. The second-order valence-electron chi connectivity index (χ2n) is 7.79. The van der Waals surface area contributed by atoms with Crippen molar-refractivity contribution in [1.29, 1.82) is 0 Å². The number of rotatable bonds is 5. The van der Waals surface area contributed by atoms with E-state index in [0.29, 0.717) is 22.5 Å². The van der Waals surface area contributed by atoms with Crippen LogP contribution in [0.1, 0.15) is 5.69 Å². The van der Waals surface area contributed by atoms with Crippen molar-refractivity contribution >= 4 is 28.5 Å². The molecule has 0 spiro atoms. The van der Waals surface area contributed by atoms with Crippen LogP contribution in [-0.4, -0.2) is 57.4 Å². The second kappa shape index (κ2) is 10.7. The number of aryl methyl sites for hydroxylation is 1. The maximum absolute atomic E-state index is 13.3. The minimum Gasteiger partial charge on any atom is -0.495 e. The van der Waals surface area contributed by atoms with Gasteiger partial charge in [-0.25, -0.2) is 9.78 Å². The van der Waals surface area contributed by atoms with Crippen LogP contribution in [0.3, 0.4) is 0 Å². The van der Waals surface area contributed by atoms with Crippen molar-refractivity contribution in [3.63, 3.8) is 0 Å². The van der Waals surface area contributed by atoms with Gasteiger partial charge in [-0.1, -0.05) is 12.1 Å². The third kappa shape index (κ3) is 5.40. The van der Waals surface area contributed by atoms with Crippen LogP contribution in [0.15, 0.2) is 53.6 Å². The molecule has 196 valence electrons. The van der Waals surface area contributed by atoms with E-state index in [9.17, 15) is 22.8 Å². The first-order valence-corrected chi connectivity index (χ1v) is 10.7. The lowest BCUT2D eigenvalue weighted by Gasteiger charge is -2.17. The predicted molar refractivity (Wildman–Crippen MR) is 127 cm³/mol. The molecule has 0 aliphatic carbocycles. The van der Waals surface area contributed by atoms with Crippen LogP contribution < -0.4 is 16.0 Å². The monoisotopic (exact) mass is 520 g/mol.